The van der Waals surface area contributed by atoms with Gasteiger partial charge < -0.3 is 14.4 Å². The van der Waals surface area contributed by atoms with Gasteiger partial charge in [-0.3, -0.25) is 0 Å². The molecule has 1 atom stereocenters. The summed E-state index contributed by atoms with van der Waals surface area (Å²) in [6, 6.07) is 9.16. The van der Waals surface area contributed by atoms with Gasteiger partial charge in [-0.25, -0.2) is 19.6 Å². The van der Waals surface area contributed by atoms with Crippen molar-refractivity contribution >= 4 is 17.9 Å². The monoisotopic (exact) mass is 369 g/mol. The van der Waals surface area contributed by atoms with Gasteiger partial charge in [-0.1, -0.05) is 30.3 Å². The van der Waals surface area contributed by atoms with Crippen molar-refractivity contribution < 1.29 is 19.1 Å². The van der Waals surface area contributed by atoms with Gasteiger partial charge in [-0.2, -0.15) is 0 Å². The molecule has 7 nitrogen and oxygen atoms in total. The van der Waals surface area contributed by atoms with E-state index in [1.54, 1.807) is 13.8 Å². The van der Waals surface area contributed by atoms with Gasteiger partial charge in [0.1, 0.15) is 18.2 Å². The molecule has 2 heterocycles. The van der Waals surface area contributed by atoms with Crippen LogP contribution in [0.4, 0.5) is 5.95 Å². The lowest BCUT2D eigenvalue weighted by Crippen LogP contribution is -2.38. The van der Waals surface area contributed by atoms with Crippen LogP contribution in [0, 0.1) is 13.8 Å². The first-order valence-electron chi connectivity index (χ1n) is 8.92. The van der Waals surface area contributed by atoms with Crippen LogP contribution in [0.3, 0.4) is 0 Å². The molecule has 1 aromatic carbocycles. The molecule has 3 rings (SSSR count). The van der Waals surface area contributed by atoms with Gasteiger partial charge >= 0.3 is 11.9 Å². The smallest absolute Gasteiger partial charge is 0.341 e. The van der Waals surface area contributed by atoms with Crippen molar-refractivity contribution in [3.8, 4) is 0 Å². The third-order valence-corrected chi connectivity index (χ3v) is 4.65. The third-order valence-electron chi connectivity index (χ3n) is 4.65. The minimum Gasteiger partial charge on any atom is -0.465 e. The van der Waals surface area contributed by atoms with E-state index in [2.05, 4.69) is 9.97 Å². The Labute approximate surface area is 158 Å². The third kappa shape index (κ3) is 4.07. The van der Waals surface area contributed by atoms with Gasteiger partial charge in [0.05, 0.1) is 18.5 Å². The SMILES string of the molecule is COC(=O)c1c(C)nc(N2CCC[C@H]2C(=O)OCc2ccccc2)nc1C. The second-order valence-corrected chi connectivity index (χ2v) is 6.51. The first-order chi connectivity index (χ1) is 13.0. The second-order valence-electron chi connectivity index (χ2n) is 6.51. The van der Waals surface area contributed by atoms with Crippen LogP contribution in [0.5, 0.6) is 0 Å². The fourth-order valence-corrected chi connectivity index (χ4v) is 3.30. The topological polar surface area (TPSA) is 81.6 Å². The molecule has 0 aliphatic carbocycles. The number of hydrogen-bond acceptors (Lipinski definition) is 7. The molecule has 0 bridgehead atoms. The van der Waals surface area contributed by atoms with Crippen molar-refractivity contribution in [1.82, 2.24) is 9.97 Å². The van der Waals surface area contributed by atoms with Crippen LogP contribution < -0.4 is 4.90 Å². The lowest BCUT2D eigenvalue weighted by atomic mass is 10.2. The number of methoxy groups -OCH3 is 1. The number of hydrogen-bond donors (Lipinski definition) is 0. The predicted octanol–water partition coefficient (Wildman–Crippen LogP) is 2.59. The van der Waals surface area contributed by atoms with E-state index in [0.717, 1.165) is 12.0 Å². The van der Waals surface area contributed by atoms with Crippen LogP contribution in [0.2, 0.25) is 0 Å². The fourth-order valence-electron chi connectivity index (χ4n) is 3.30. The molecule has 0 spiro atoms. The number of nitrogens with zero attached hydrogens (tertiary/aromatic N) is 3. The molecular weight excluding hydrogens is 346 g/mol. The molecule has 7 heteroatoms. The average molecular weight is 369 g/mol. The molecule has 0 unspecified atom stereocenters. The number of carbonyl (C=O) groups excluding carboxylic acids is 2. The van der Waals surface area contributed by atoms with Crippen molar-refractivity contribution in [2.24, 2.45) is 0 Å². The normalized spacial score (nSPS) is 16.3. The van der Waals surface area contributed by atoms with Gasteiger partial charge in [-0.15, -0.1) is 0 Å². The fraction of sp³-hybridized carbons (Fsp3) is 0.400. The van der Waals surface area contributed by atoms with Crippen LogP contribution in [-0.4, -0.2) is 41.6 Å². The summed E-state index contributed by atoms with van der Waals surface area (Å²) in [7, 11) is 1.33. The van der Waals surface area contributed by atoms with Crippen LogP contribution in [0.25, 0.3) is 0 Å². The van der Waals surface area contributed by atoms with Gasteiger partial charge in [0, 0.05) is 6.54 Å². The van der Waals surface area contributed by atoms with E-state index < -0.39 is 12.0 Å². The largest absolute Gasteiger partial charge is 0.465 e. The summed E-state index contributed by atoms with van der Waals surface area (Å²) in [6.45, 7) is 4.39. The lowest BCUT2D eigenvalue weighted by Gasteiger charge is -2.24. The molecular formula is C20H23N3O4. The Balaban J connectivity index is 1.76. The molecule has 0 amide bonds. The molecule has 1 saturated heterocycles. The highest BCUT2D eigenvalue weighted by atomic mass is 16.5. The van der Waals surface area contributed by atoms with Crippen molar-refractivity contribution in [2.45, 2.75) is 39.3 Å². The van der Waals surface area contributed by atoms with Crippen LogP contribution >= 0.6 is 0 Å². The highest BCUT2D eigenvalue weighted by molar-refractivity contribution is 5.91. The first kappa shape index (κ1) is 18.8. The maximum atomic E-state index is 12.6. The number of esters is 2. The van der Waals surface area contributed by atoms with E-state index in [-0.39, 0.29) is 12.6 Å². The zero-order valence-electron chi connectivity index (χ0n) is 15.8. The van der Waals surface area contributed by atoms with Gasteiger partial charge in [-0.05, 0) is 32.3 Å². The van der Waals surface area contributed by atoms with Crippen molar-refractivity contribution in [3.05, 3.63) is 52.8 Å². The van der Waals surface area contributed by atoms with Gasteiger partial charge in [0.2, 0.25) is 5.95 Å². The summed E-state index contributed by atoms with van der Waals surface area (Å²) in [6.07, 6.45) is 1.54. The Bertz CT molecular complexity index is 815. The van der Waals surface area contributed by atoms with E-state index in [4.69, 9.17) is 9.47 Å². The quantitative estimate of drug-likeness (QED) is 0.749. The summed E-state index contributed by atoms with van der Waals surface area (Å²) >= 11 is 0. The number of aromatic nitrogens is 2. The van der Waals surface area contributed by atoms with E-state index in [0.29, 0.717) is 35.9 Å². The minimum atomic E-state index is -0.461. The number of rotatable bonds is 5. The van der Waals surface area contributed by atoms with E-state index in [1.165, 1.54) is 7.11 Å². The van der Waals surface area contributed by atoms with Gasteiger partial charge in [0.25, 0.3) is 0 Å². The van der Waals surface area contributed by atoms with Crippen molar-refractivity contribution in [2.75, 3.05) is 18.6 Å². The minimum absolute atomic E-state index is 0.240. The maximum Gasteiger partial charge on any atom is 0.341 e. The van der Waals surface area contributed by atoms with Crippen molar-refractivity contribution in [3.63, 3.8) is 0 Å². The van der Waals surface area contributed by atoms with Crippen molar-refractivity contribution in [1.29, 1.82) is 0 Å². The first-order valence-corrected chi connectivity index (χ1v) is 8.92. The van der Waals surface area contributed by atoms with E-state index >= 15 is 0 Å². The Morgan fingerprint density at radius 3 is 2.44 bits per heavy atom. The summed E-state index contributed by atoms with van der Waals surface area (Å²) in [5, 5.41) is 0. The molecule has 0 N–H and O–H groups in total. The zero-order valence-corrected chi connectivity index (χ0v) is 15.8. The van der Waals surface area contributed by atoms with Gasteiger partial charge in [0.15, 0.2) is 0 Å². The van der Waals surface area contributed by atoms with E-state index in [9.17, 15) is 9.59 Å². The predicted molar refractivity (Wildman–Crippen MR) is 99.5 cm³/mol. The standard InChI is InChI=1S/C20H23N3O4/c1-13-17(19(25)26-3)14(2)22-20(21-13)23-11-7-10-16(23)18(24)27-12-15-8-5-4-6-9-15/h4-6,8-9,16H,7,10-12H2,1-3H3/t16-/m0/s1. The number of ether oxygens (including phenoxy) is 2. The molecule has 1 fully saturated rings. The summed E-state index contributed by atoms with van der Waals surface area (Å²) in [5.41, 5.74) is 2.38. The number of carbonyl (C=O) groups is 2. The highest BCUT2D eigenvalue weighted by Crippen LogP contribution is 2.25. The Kier molecular flexibility index (Phi) is 5.69. The Morgan fingerprint density at radius 1 is 1.15 bits per heavy atom. The molecule has 2 aromatic rings. The van der Waals surface area contributed by atoms with Crippen LogP contribution in [-0.2, 0) is 20.9 Å². The average Bonchev–Trinajstić information content (AvgIpc) is 3.16. The number of aryl methyl sites for hydroxylation is 2. The lowest BCUT2D eigenvalue weighted by molar-refractivity contribution is -0.146. The summed E-state index contributed by atoms with van der Waals surface area (Å²) in [5.74, 6) is -0.305. The molecule has 1 aliphatic rings. The summed E-state index contributed by atoms with van der Waals surface area (Å²) in [4.78, 5) is 35.2. The zero-order chi connectivity index (χ0) is 19.4. The second kappa shape index (κ2) is 8.16. The molecule has 0 saturated carbocycles. The number of benzene rings is 1. The molecule has 1 aromatic heterocycles. The molecule has 27 heavy (non-hydrogen) atoms. The molecule has 142 valence electrons. The Hall–Kier alpha value is -2.96. The molecule has 1 aliphatic heterocycles. The van der Waals surface area contributed by atoms with E-state index in [1.807, 2.05) is 35.2 Å². The van der Waals surface area contributed by atoms with Crippen LogP contribution in [0.1, 0.15) is 40.2 Å². The highest BCUT2D eigenvalue weighted by Gasteiger charge is 2.34. The van der Waals surface area contributed by atoms with Crippen LogP contribution in [0.15, 0.2) is 30.3 Å². The Morgan fingerprint density at radius 2 is 1.81 bits per heavy atom. The number of anilines is 1. The maximum absolute atomic E-state index is 12.6. The summed E-state index contributed by atoms with van der Waals surface area (Å²) < 4.78 is 10.3. The molecule has 0 radical (unpaired) electrons.